The van der Waals surface area contributed by atoms with Crippen LogP contribution in [-0.4, -0.2) is 25.7 Å². The van der Waals surface area contributed by atoms with Crippen molar-refractivity contribution in [2.45, 2.75) is 18.9 Å². The SMILES string of the molecule is O=[C]OCC1CCCN1. The molecule has 0 spiro atoms. The van der Waals surface area contributed by atoms with Gasteiger partial charge < -0.3 is 10.1 Å². The first-order valence-corrected chi connectivity index (χ1v) is 3.16. The predicted molar refractivity (Wildman–Crippen MR) is 32.7 cm³/mol. The quantitative estimate of drug-likeness (QED) is 0.573. The summed E-state index contributed by atoms with van der Waals surface area (Å²) in [7, 11) is 0. The zero-order chi connectivity index (χ0) is 6.53. The van der Waals surface area contributed by atoms with Crippen molar-refractivity contribution in [3.05, 3.63) is 0 Å². The highest BCUT2D eigenvalue weighted by Crippen LogP contribution is 2.03. The molecule has 0 aromatic carbocycles. The van der Waals surface area contributed by atoms with E-state index in [1.54, 1.807) is 0 Å². The van der Waals surface area contributed by atoms with Gasteiger partial charge in [-0.15, -0.1) is 0 Å². The van der Waals surface area contributed by atoms with Gasteiger partial charge in [-0.1, -0.05) is 0 Å². The second-order valence-electron chi connectivity index (χ2n) is 2.19. The zero-order valence-electron chi connectivity index (χ0n) is 5.22. The number of hydrogen-bond donors (Lipinski definition) is 1. The van der Waals surface area contributed by atoms with Gasteiger partial charge in [0.05, 0.1) is 0 Å². The van der Waals surface area contributed by atoms with E-state index in [0.29, 0.717) is 12.6 Å². The van der Waals surface area contributed by atoms with E-state index in [9.17, 15) is 4.79 Å². The van der Waals surface area contributed by atoms with Crippen molar-refractivity contribution in [3.63, 3.8) is 0 Å². The normalized spacial score (nSPS) is 26.0. The molecule has 3 heteroatoms. The van der Waals surface area contributed by atoms with Crippen LogP contribution in [0, 0.1) is 0 Å². The lowest BCUT2D eigenvalue weighted by Crippen LogP contribution is -2.26. The Morgan fingerprint density at radius 2 is 2.67 bits per heavy atom. The number of rotatable bonds is 3. The van der Waals surface area contributed by atoms with Gasteiger partial charge in [0.1, 0.15) is 6.61 Å². The largest absolute Gasteiger partial charge is 0.456 e. The van der Waals surface area contributed by atoms with Crippen LogP contribution in [0.2, 0.25) is 0 Å². The molecule has 1 aliphatic heterocycles. The van der Waals surface area contributed by atoms with Crippen LogP contribution in [0.1, 0.15) is 12.8 Å². The summed E-state index contributed by atoms with van der Waals surface area (Å²) in [5, 5.41) is 3.19. The third kappa shape index (κ3) is 2.01. The monoisotopic (exact) mass is 128 g/mol. The van der Waals surface area contributed by atoms with Crippen molar-refractivity contribution in [2.24, 2.45) is 0 Å². The summed E-state index contributed by atoms with van der Waals surface area (Å²) >= 11 is 0. The molecule has 9 heavy (non-hydrogen) atoms. The molecule has 1 rings (SSSR count). The molecule has 3 nitrogen and oxygen atoms in total. The minimum atomic E-state index is 0.381. The molecule has 1 N–H and O–H groups in total. The highest BCUT2D eigenvalue weighted by Gasteiger charge is 2.13. The summed E-state index contributed by atoms with van der Waals surface area (Å²) in [6.45, 7) is 2.93. The Morgan fingerprint density at radius 3 is 3.22 bits per heavy atom. The molecular formula is C6H10NO2. The van der Waals surface area contributed by atoms with E-state index in [1.165, 1.54) is 12.9 Å². The highest BCUT2D eigenvalue weighted by atomic mass is 16.5. The van der Waals surface area contributed by atoms with E-state index in [1.807, 2.05) is 0 Å². The van der Waals surface area contributed by atoms with Gasteiger partial charge in [-0.3, -0.25) is 0 Å². The van der Waals surface area contributed by atoms with Crippen LogP contribution in [-0.2, 0) is 9.53 Å². The molecule has 1 aliphatic rings. The van der Waals surface area contributed by atoms with Gasteiger partial charge >= 0.3 is 6.47 Å². The average molecular weight is 128 g/mol. The van der Waals surface area contributed by atoms with Crippen molar-refractivity contribution >= 4 is 6.47 Å². The number of nitrogens with one attached hydrogen (secondary N) is 1. The molecule has 1 fully saturated rings. The molecular weight excluding hydrogens is 118 g/mol. The summed E-state index contributed by atoms with van der Waals surface area (Å²) in [5.41, 5.74) is 0. The van der Waals surface area contributed by atoms with Gasteiger partial charge in [0.2, 0.25) is 0 Å². The molecule has 0 aromatic heterocycles. The molecule has 51 valence electrons. The molecule has 0 saturated carbocycles. The Morgan fingerprint density at radius 1 is 1.78 bits per heavy atom. The van der Waals surface area contributed by atoms with Gasteiger partial charge in [0.15, 0.2) is 0 Å². The van der Waals surface area contributed by atoms with E-state index in [4.69, 9.17) is 0 Å². The zero-order valence-corrected chi connectivity index (χ0v) is 5.22. The minimum Gasteiger partial charge on any atom is -0.456 e. The van der Waals surface area contributed by atoms with Gasteiger partial charge in [-0.25, -0.2) is 4.79 Å². The van der Waals surface area contributed by atoms with E-state index < -0.39 is 0 Å². The standard InChI is InChI=1S/C6H10NO2/c8-5-9-4-6-2-1-3-7-6/h6-7H,1-4H2. The molecule has 0 amide bonds. The molecule has 1 atom stereocenters. The molecule has 1 heterocycles. The van der Waals surface area contributed by atoms with E-state index in [0.717, 1.165) is 13.0 Å². The molecule has 0 aliphatic carbocycles. The third-order valence-electron chi connectivity index (χ3n) is 1.51. The van der Waals surface area contributed by atoms with Gasteiger partial charge in [0.25, 0.3) is 0 Å². The second-order valence-corrected chi connectivity index (χ2v) is 2.19. The summed E-state index contributed by atoms with van der Waals surface area (Å²) in [5.74, 6) is 0. The first kappa shape index (κ1) is 6.55. The fourth-order valence-electron chi connectivity index (χ4n) is 1.03. The lowest BCUT2D eigenvalue weighted by molar-refractivity contribution is 0.246. The van der Waals surface area contributed by atoms with Crippen molar-refractivity contribution in [1.82, 2.24) is 5.32 Å². The molecule has 0 aromatic rings. The second kappa shape index (κ2) is 3.45. The fourth-order valence-corrected chi connectivity index (χ4v) is 1.03. The van der Waals surface area contributed by atoms with Crippen molar-refractivity contribution < 1.29 is 9.53 Å². The fraction of sp³-hybridized carbons (Fsp3) is 0.833. The first-order valence-electron chi connectivity index (χ1n) is 3.16. The maximum atomic E-state index is 9.59. The van der Waals surface area contributed by atoms with Gasteiger partial charge in [-0.2, -0.15) is 0 Å². The van der Waals surface area contributed by atoms with Crippen LogP contribution < -0.4 is 5.32 Å². The van der Waals surface area contributed by atoms with E-state index in [-0.39, 0.29) is 0 Å². The smallest absolute Gasteiger partial charge is 0.417 e. The van der Waals surface area contributed by atoms with Crippen LogP contribution in [0.25, 0.3) is 0 Å². The minimum absolute atomic E-state index is 0.381. The highest BCUT2D eigenvalue weighted by molar-refractivity contribution is 5.38. The Kier molecular flexibility index (Phi) is 2.51. The maximum Gasteiger partial charge on any atom is 0.417 e. The van der Waals surface area contributed by atoms with Crippen LogP contribution in [0.5, 0.6) is 0 Å². The number of ether oxygens (including phenoxy) is 1. The van der Waals surface area contributed by atoms with Crippen molar-refractivity contribution in [3.8, 4) is 0 Å². The summed E-state index contributed by atoms with van der Waals surface area (Å²) in [6, 6.07) is 0.381. The lowest BCUT2D eigenvalue weighted by Gasteiger charge is -2.05. The van der Waals surface area contributed by atoms with Crippen molar-refractivity contribution in [2.75, 3.05) is 13.2 Å². The van der Waals surface area contributed by atoms with Gasteiger partial charge in [0, 0.05) is 6.04 Å². The molecule has 1 unspecified atom stereocenters. The summed E-state index contributed by atoms with van der Waals surface area (Å²) < 4.78 is 4.45. The van der Waals surface area contributed by atoms with Crippen LogP contribution >= 0.6 is 0 Å². The molecule has 1 saturated heterocycles. The Bertz CT molecular complexity index is 89.1. The van der Waals surface area contributed by atoms with E-state index >= 15 is 0 Å². The van der Waals surface area contributed by atoms with E-state index in [2.05, 4.69) is 10.1 Å². The lowest BCUT2D eigenvalue weighted by atomic mass is 10.2. The summed E-state index contributed by atoms with van der Waals surface area (Å²) in [4.78, 5) is 9.59. The first-order chi connectivity index (χ1) is 4.43. The van der Waals surface area contributed by atoms with Gasteiger partial charge in [-0.05, 0) is 19.4 Å². The Balaban J connectivity index is 2.04. The Hall–Kier alpha value is -0.570. The Labute approximate surface area is 54.4 Å². The van der Waals surface area contributed by atoms with Crippen LogP contribution in [0.4, 0.5) is 0 Å². The third-order valence-corrected chi connectivity index (χ3v) is 1.51. The van der Waals surface area contributed by atoms with Crippen LogP contribution in [0.15, 0.2) is 0 Å². The topological polar surface area (TPSA) is 38.3 Å². The summed E-state index contributed by atoms with van der Waals surface area (Å²) in [6.07, 6.45) is 2.30. The maximum absolute atomic E-state index is 9.59. The molecule has 0 bridgehead atoms. The average Bonchev–Trinajstić information content (AvgIpc) is 2.34. The van der Waals surface area contributed by atoms with Crippen LogP contribution in [0.3, 0.4) is 0 Å². The number of carbonyl (C=O) groups excluding carboxylic acids is 1. The number of hydrogen-bond acceptors (Lipinski definition) is 3. The molecule has 1 radical (unpaired) electrons. The predicted octanol–water partition coefficient (Wildman–Crippen LogP) is -0.178. The van der Waals surface area contributed by atoms with Crippen molar-refractivity contribution in [1.29, 1.82) is 0 Å².